The summed E-state index contributed by atoms with van der Waals surface area (Å²) in [5.74, 6) is 0.539. The van der Waals surface area contributed by atoms with Crippen LogP contribution in [0.15, 0.2) is 29.9 Å². The monoisotopic (exact) mass is 244 g/mol. The first-order chi connectivity index (χ1) is 8.70. The Morgan fingerprint density at radius 2 is 2.33 bits per heavy atom. The molecule has 1 fully saturated rings. The first kappa shape index (κ1) is 12.8. The van der Waals surface area contributed by atoms with E-state index >= 15 is 0 Å². The average Bonchev–Trinajstić information content (AvgIpc) is 2.38. The number of pyridine rings is 1. The van der Waals surface area contributed by atoms with Gasteiger partial charge in [-0.3, -0.25) is 9.98 Å². The molecular formula is C14H20N4. The van der Waals surface area contributed by atoms with Crippen molar-refractivity contribution in [3.8, 4) is 0 Å². The van der Waals surface area contributed by atoms with Crippen LogP contribution >= 0.6 is 0 Å². The van der Waals surface area contributed by atoms with Gasteiger partial charge < -0.3 is 11.5 Å². The predicted molar refractivity (Wildman–Crippen MR) is 75.3 cm³/mol. The molecule has 0 unspecified atom stereocenters. The van der Waals surface area contributed by atoms with Gasteiger partial charge in [0.05, 0.1) is 11.7 Å². The summed E-state index contributed by atoms with van der Waals surface area (Å²) in [6, 6.07) is 4.28. The zero-order valence-corrected chi connectivity index (χ0v) is 10.5. The first-order valence-corrected chi connectivity index (χ1v) is 6.37. The van der Waals surface area contributed by atoms with E-state index < -0.39 is 0 Å². The lowest BCUT2D eigenvalue weighted by Gasteiger charge is -2.24. The molecule has 18 heavy (non-hydrogen) atoms. The van der Waals surface area contributed by atoms with Crippen LogP contribution < -0.4 is 11.5 Å². The molecular weight excluding hydrogens is 224 g/mol. The lowest BCUT2D eigenvalue weighted by Crippen LogP contribution is -2.31. The molecule has 4 heteroatoms. The van der Waals surface area contributed by atoms with Crippen molar-refractivity contribution in [2.75, 3.05) is 0 Å². The standard InChI is InChI=1S/C14H20N4/c1-2-13-12(7-4-8-17-13)14(16)18-11-6-3-5-10(15)9-11/h2,4,7-8,10-11H,1,3,5-6,9,15H2,(H2,16,18)/t10-,11+/m0/s1. The highest BCUT2D eigenvalue weighted by atomic mass is 14.9. The molecule has 1 saturated carbocycles. The van der Waals surface area contributed by atoms with E-state index in [9.17, 15) is 0 Å². The van der Waals surface area contributed by atoms with Crippen molar-refractivity contribution in [2.24, 2.45) is 16.5 Å². The number of aromatic nitrogens is 1. The quantitative estimate of drug-likeness (QED) is 0.627. The summed E-state index contributed by atoms with van der Waals surface area (Å²) in [5, 5.41) is 0. The number of hydrogen-bond acceptors (Lipinski definition) is 3. The fraction of sp³-hybridized carbons (Fsp3) is 0.429. The van der Waals surface area contributed by atoms with E-state index in [0.29, 0.717) is 5.84 Å². The Kier molecular flexibility index (Phi) is 4.10. The molecule has 2 rings (SSSR count). The number of rotatable bonds is 3. The Balaban J connectivity index is 2.19. The Morgan fingerprint density at radius 1 is 1.50 bits per heavy atom. The molecule has 0 spiro atoms. The number of hydrogen-bond donors (Lipinski definition) is 2. The molecule has 1 aromatic rings. The van der Waals surface area contributed by atoms with Crippen LogP contribution in [0.4, 0.5) is 0 Å². The number of aliphatic imine (C=N–C) groups is 1. The molecule has 0 saturated heterocycles. The minimum atomic E-state index is 0.242. The van der Waals surface area contributed by atoms with Crippen LogP contribution in [0.25, 0.3) is 6.08 Å². The molecule has 1 aliphatic rings. The Morgan fingerprint density at radius 3 is 3.06 bits per heavy atom. The fourth-order valence-electron chi connectivity index (χ4n) is 2.38. The van der Waals surface area contributed by atoms with Gasteiger partial charge in [-0.05, 0) is 43.9 Å². The van der Waals surface area contributed by atoms with Gasteiger partial charge in [-0.15, -0.1) is 0 Å². The van der Waals surface area contributed by atoms with Crippen molar-refractivity contribution < 1.29 is 0 Å². The molecule has 1 aliphatic carbocycles. The summed E-state index contributed by atoms with van der Waals surface area (Å²) in [6.07, 6.45) is 7.64. The van der Waals surface area contributed by atoms with Gasteiger partial charge in [0.1, 0.15) is 5.84 Å². The maximum Gasteiger partial charge on any atom is 0.128 e. The van der Waals surface area contributed by atoms with E-state index in [1.165, 1.54) is 0 Å². The van der Waals surface area contributed by atoms with Crippen molar-refractivity contribution in [3.63, 3.8) is 0 Å². The van der Waals surface area contributed by atoms with Gasteiger partial charge in [-0.1, -0.05) is 6.58 Å². The number of nitrogens with two attached hydrogens (primary N) is 2. The smallest absolute Gasteiger partial charge is 0.128 e. The van der Waals surface area contributed by atoms with Crippen molar-refractivity contribution >= 4 is 11.9 Å². The number of amidine groups is 1. The van der Waals surface area contributed by atoms with Crippen molar-refractivity contribution in [2.45, 2.75) is 37.8 Å². The Bertz CT molecular complexity index is 453. The van der Waals surface area contributed by atoms with Crippen molar-refractivity contribution in [3.05, 3.63) is 36.2 Å². The molecule has 0 aliphatic heterocycles. The summed E-state index contributed by atoms with van der Waals surface area (Å²) in [6.45, 7) is 3.74. The van der Waals surface area contributed by atoms with E-state index in [2.05, 4.69) is 16.6 Å². The molecule has 96 valence electrons. The van der Waals surface area contributed by atoms with Gasteiger partial charge in [0.2, 0.25) is 0 Å². The van der Waals surface area contributed by atoms with Gasteiger partial charge in [0.15, 0.2) is 0 Å². The maximum absolute atomic E-state index is 6.07. The normalized spacial score (nSPS) is 24.8. The zero-order valence-electron chi connectivity index (χ0n) is 10.5. The molecule has 0 bridgehead atoms. The molecule has 2 atom stereocenters. The predicted octanol–water partition coefficient (Wildman–Crippen LogP) is 1.70. The Hall–Kier alpha value is -1.68. The van der Waals surface area contributed by atoms with E-state index in [-0.39, 0.29) is 12.1 Å². The summed E-state index contributed by atoms with van der Waals surface area (Å²) >= 11 is 0. The molecule has 0 aromatic carbocycles. The van der Waals surface area contributed by atoms with E-state index in [1.807, 2.05) is 12.1 Å². The van der Waals surface area contributed by atoms with Crippen LogP contribution in [0.5, 0.6) is 0 Å². The van der Waals surface area contributed by atoms with Gasteiger partial charge in [-0.2, -0.15) is 0 Å². The average molecular weight is 244 g/mol. The third kappa shape index (κ3) is 2.96. The largest absolute Gasteiger partial charge is 0.383 e. The highest BCUT2D eigenvalue weighted by Crippen LogP contribution is 2.20. The summed E-state index contributed by atoms with van der Waals surface area (Å²) < 4.78 is 0. The molecule has 4 N–H and O–H groups in total. The van der Waals surface area contributed by atoms with Gasteiger partial charge in [-0.25, -0.2) is 0 Å². The fourth-order valence-corrected chi connectivity index (χ4v) is 2.38. The first-order valence-electron chi connectivity index (χ1n) is 6.37. The highest BCUT2D eigenvalue weighted by molar-refractivity contribution is 6.00. The van der Waals surface area contributed by atoms with Gasteiger partial charge in [0, 0.05) is 17.8 Å². The number of nitrogens with zero attached hydrogens (tertiary/aromatic N) is 2. The van der Waals surface area contributed by atoms with E-state index in [1.54, 1.807) is 12.3 Å². The van der Waals surface area contributed by atoms with Crippen LogP contribution in [0.3, 0.4) is 0 Å². The maximum atomic E-state index is 6.07. The van der Waals surface area contributed by atoms with E-state index in [4.69, 9.17) is 11.5 Å². The van der Waals surface area contributed by atoms with Crippen LogP contribution in [-0.4, -0.2) is 22.9 Å². The lowest BCUT2D eigenvalue weighted by atomic mass is 9.92. The third-order valence-corrected chi connectivity index (χ3v) is 3.32. The van der Waals surface area contributed by atoms with Crippen LogP contribution in [0.2, 0.25) is 0 Å². The minimum Gasteiger partial charge on any atom is -0.383 e. The SMILES string of the molecule is C=Cc1ncccc1C(N)=N[C@@H]1CCC[C@H](N)C1. The highest BCUT2D eigenvalue weighted by Gasteiger charge is 2.19. The van der Waals surface area contributed by atoms with Crippen LogP contribution in [0.1, 0.15) is 36.9 Å². The Labute approximate surface area is 108 Å². The third-order valence-electron chi connectivity index (χ3n) is 3.32. The van der Waals surface area contributed by atoms with Gasteiger partial charge >= 0.3 is 0 Å². The second-order valence-corrected chi connectivity index (χ2v) is 4.74. The van der Waals surface area contributed by atoms with Crippen molar-refractivity contribution in [1.29, 1.82) is 0 Å². The van der Waals surface area contributed by atoms with Gasteiger partial charge in [0.25, 0.3) is 0 Å². The topological polar surface area (TPSA) is 77.3 Å². The second kappa shape index (κ2) is 5.78. The summed E-state index contributed by atoms with van der Waals surface area (Å²) in [7, 11) is 0. The molecule has 1 aromatic heterocycles. The zero-order chi connectivity index (χ0) is 13.0. The van der Waals surface area contributed by atoms with Crippen LogP contribution in [-0.2, 0) is 0 Å². The minimum absolute atomic E-state index is 0.242. The molecule has 0 radical (unpaired) electrons. The molecule has 0 amide bonds. The van der Waals surface area contributed by atoms with Crippen LogP contribution in [0, 0.1) is 0 Å². The lowest BCUT2D eigenvalue weighted by molar-refractivity contribution is 0.394. The summed E-state index contributed by atoms with van der Waals surface area (Å²) in [4.78, 5) is 8.81. The summed E-state index contributed by atoms with van der Waals surface area (Å²) in [5.41, 5.74) is 13.7. The second-order valence-electron chi connectivity index (χ2n) is 4.74. The molecule has 1 heterocycles. The molecule has 4 nitrogen and oxygen atoms in total. The van der Waals surface area contributed by atoms with Crippen molar-refractivity contribution in [1.82, 2.24) is 4.98 Å². The van der Waals surface area contributed by atoms with E-state index in [0.717, 1.165) is 36.9 Å².